The zero-order valence-corrected chi connectivity index (χ0v) is 17.0. The topological polar surface area (TPSA) is 84.0 Å². The summed E-state index contributed by atoms with van der Waals surface area (Å²) in [6.45, 7) is 3.23. The van der Waals surface area contributed by atoms with Crippen molar-refractivity contribution in [3.05, 3.63) is 29.8 Å². The third-order valence-corrected chi connectivity index (χ3v) is 6.02. The largest absolute Gasteiger partial charge is 0.469 e. The highest BCUT2D eigenvalue weighted by molar-refractivity contribution is 7.92. The first kappa shape index (κ1) is 21.2. The number of esters is 1. The number of likely N-dealkylation sites (tertiary alicyclic amines) is 1. The van der Waals surface area contributed by atoms with Crippen LogP contribution in [0.2, 0.25) is 0 Å². The smallest absolute Gasteiger partial charge is 0.308 e. The molecule has 0 atom stereocenters. The van der Waals surface area contributed by atoms with E-state index in [9.17, 15) is 18.0 Å². The standard InChI is InChI=1S/C19H28N2O5S/c1-15-6-4-7-17(14-15)21(27(3,24)25)11-5-8-18(22)20-12-9-16(10-13-20)19(23)26-2/h4,6-7,14,16H,5,8-13H2,1-3H3. The quantitative estimate of drug-likeness (QED) is 0.658. The van der Waals surface area contributed by atoms with E-state index in [4.69, 9.17) is 4.74 Å². The van der Waals surface area contributed by atoms with Gasteiger partial charge < -0.3 is 9.64 Å². The lowest BCUT2D eigenvalue weighted by molar-refractivity contribution is -0.148. The van der Waals surface area contributed by atoms with Crippen LogP contribution >= 0.6 is 0 Å². The monoisotopic (exact) mass is 396 g/mol. The normalized spacial score (nSPS) is 15.4. The van der Waals surface area contributed by atoms with Crippen LogP contribution in [0.3, 0.4) is 0 Å². The molecule has 8 heteroatoms. The Morgan fingerprint density at radius 2 is 1.93 bits per heavy atom. The van der Waals surface area contributed by atoms with E-state index in [1.807, 2.05) is 25.1 Å². The van der Waals surface area contributed by atoms with Crippen LogP contribution < -0.4 is 4.31 Å². The van der Waals surface area contributed by atoms with E-state index in [1.165, 1.54) is 17.7 Å². The predicted molar refractivity (Wildman–Crippen MR) is 104 cm³/mol. The summed E-state index contributed by atoms with van der Waals surface area (Å²) >= 11 is 0. The minimum atomic E-state index is -3.42. The Kier molecular flexibility index (Phi) is 7.24. The summed E-state index contributed by atoms with van der Waals surface area (Å²) < 4.78 is 30.4. The van der Waals surface area contributed by atoms with Gasteiger partial charge in [0.05, 0.1) is 25.0 Å². The molecule has 0 saturated carbocycles. The zero-order chi connectivity index (χ0) is 20.0. The number of nitrogens with zero attached hydrogens (tertiary/aromatic N) is 2. The fraction of sp³-hybridized carbons (Fsp3) is 0.579. The Bertz CT molecular complexity index is 770. The molecule has 0 spiro atoms. The van der Waals surface area contributed by atoms with Gasteiger partial charge in [0.25, 0.3) is 0 Å². The van der Waals surface area contributed by atoms with E-state index in [-0.39, 0.29) is 30.8 Å². The lowest BCUT2D eigenvalue weighted by Crippen LogP contribution is -2.40. The van der Waals surface area contributed by atoms with Crippen LogP contribution in [-0.2, 0) is 24.3 Å². The first-order valence-electron chi connectivity index (χ1n) is 9.12. The van der Waals surface area contributed by atoms with Gasteiger partial charge in [-0.2, -0.15) is 0 Å². The Balaban J connectivity index is 1.88. The highest BCUT2D eigenvalue weighted by atomic mass is 32.2. The van der Waals surface area contributed by atoms with Crippen molar-refractivity contribution in [1.82, 2.24) is 4.90 Å². The highest BCUT2D eigenvalue weighted by Crippen LogP contribution is 2.21. The minimum absolute atomic E-state index is 0.00370. The Morgan fingerprint density at radius 1 is 1.26 bits per heavy atom. The van der Waals surface area contributed by atoms with E-state index in [0.717, 1.165) is 5.56 Å². The van der Waals surface area contributed by atoms with Crippen LogP contribution in [-0.4, -0.2) is 58.2 Å². The van der Waals surface area contributed by atoms with E-state index < -0.39 is 10.0 Å². The summed E-state index contributed by atoms with van der Waals surface area (Å²) in [6.07, 6.45) is 3.11. The maximum Gasteiger partial charge on any atom is 0.308 e. The molecule has 0 N–H and O–H groups in total. The number of hydrogen-bond donors (Lipinski definition) is 0. The van der Waals surface area contributed by atoms with Crippen molar-refractivity contribution < 1.29 is 22.7 Å². The van der Waals surface area contributed by atoms with Gasteiger partial charge in [-0.05, 0) is 43.9 Å². The van der Waals surface area contributed by atoms with Gasteiger partial charge in [-0.15, -0.1) is 0 Å². The number of carbonyl (C=O) groups is 2. The minimum Gasteiger partial charge on any atom is -0.469 e. The van der Waals surface area contributed by atoms with Crippen LogP contribution in [0.5, 0.6) is 0 Å². The number of methoxy groups -OCH3 is 1. The van der Waals surface area contributed by atoms with E-state index >= 15 is 0 Å². The summed E-state index contributed by atoms with van der Waals surface area (Å²) in [7, 11) is -2.04. The number of anilines is 1. The number of ether oxygens (including phenoxy) is 1. The molecule has 0 aromatic heterocycles. The van der Waals surface area contributed by atoms with Crippen LogP contribution in [0.4, 0.5) is 5.69 Å². The molecule has 27 heavy (non-hydrogen) atoms. The first-order chi connectivity index (χ1) is 12.7. The molecule has 1 heterocycles. The number of benzene rings is 1. The molecule has 0 unspecified atom stereocenters. The summed E-state index contributed by atoms with van der Waals surface area (Å²) in [6, 6.07) is 7.30. The number of amides is 1. The van der Waals surface area contributed by atoms with Crippen molar-refractivity contribution in [2.45, 2.75) is 32.6 Å². The average molecular weight is 397 g/mol. The molecule has 1 fully saturated rings. The average Bonchev–Trinajstić information content (AvgIpc) is 2.63. The molecule has 1 aliphatic heterocycles. The van der Waals surface area contributed by atoms with E-state index in [1.54, 1.807) is 11.0 Å². The summed E-state index contributed by atoms with van der Waals surface area (Å²) in [5, 5.41) is 0. The van der Waals surface area contributed by atoms with Crippen molar-refractivity contribution in [3.63, 3.8) is 0 Å². The van der Waals surface area contributed by atoms with Gasteiger partial charge in [0, 0.05) is 26.1 Å². The third-order valence-electron chi connectivity index (χ3n) is 4.82. The lowest BCUT2D eigenvalue weighted by Gasteiger charge is -2.31. The van der Waals surface area contributed by atoms with Gasteiger partial charge in [0.15, 0.2) is 0 Å². The molecule has 2 rings (SSSR count). The van der Waals surface area contributed by atoms with E-state index in [0.29, 0.717) is 38.0 Å². The molecule has 1 aromatic rings. The summed E-state index contributed by atoms with van der Waals surface area (Å²) in [4.78, 5) is 25.7. The molecular formula is C19H28N2O5S. The fourth-order valence-electron chi connectivity index (χ4n) is 3.33. The first-order valence-corrected chi connectivity index (χ1v) is 11.0. The number of rotatable bonds is 7. The molecule has 1 saturated heterocycles. The van der Waals surface area contributed by atoms with Crippen LogP contribution in [0.1, 0.15) is 31.2 Å². The molecule has 150 valence electrons. The third kappa shape index (κ3) is 5.95. The summed E-state index contributed by atoms with van der Waals surface area (Å²) in [5.74, 6) is -0.360. The molecule has 1 amide bonds. The van der Waals surface area contributed by atoms with Gasteiger partial charge in [0.2, 0.25) is 15.9 Å². The number of carbonyl (C=O) groups excluding carboxylic acids is 2. The molecular weight excluding hydrogens is 368 g/mol. The van der Waals surface area contributed by atoms with E-state index in [2.05, 4.69) is 0 Å². The molecule has 0 bridgehead atoms. The number of sulfonamides is 1. The fourth-order valence-corrected chi connectivity index (χ4v) is 4.29. The maximum absolute atomic E-state index is 12.4. The SMILES string of the molecule is COC(=O)C1CCN(C(=O)CCCN(c2cccc(C)c2)S(C)(=O)=O)CC1. The second kappa shape index (κ2) is 9.21. The van der Waals surface area contributed by atoms with Crippen LogP contribution in [0.15, 0.2) is 24.3 Å². The number of aryl methyl sites for hydroxylation is 1. The molecule has 1 aromatic carbocycles. The predicted octanol–water partition coefficient (Wildman–Crippen LogP) is 1.95. The van der Waals surface area contributed by atoms with Gasteiger partial charge in [-0.1, -0.05) is 12.1 Å². The second-order valence-corrected chi connectivity index (χ2v) is 8.86. The molecule has 1 aliphatic rings. The number of hydrogen-bond acceptors (Lipinski definition) is 5. The Morgan fingerprint density at radius 3 is 2.48 bits per heavy atom. The van der Waals surface area contributed by atoms with Crippen molar-refractivity contribution in [1.29, 1.82) is 0 Å². The lowest BCUT2D eigenvalue weighted by atomic mass is 9.97. The van der Waals surface area contributed by atoms with Crippen molar-refractivity contribution in [2.75, 3.05) is 37.3 Å². The van der Waals surface area contributed by atoms with Crippen LogP contribution in [0.25, 0.3) is 0 Å². The maximum atomic E-state index is 12.4. The van der Waals surface area contributed by atoms with Crippen LogP contribution in [0, 0.1) is 12.8 Å². The Labute approximate surface area is 161 Å². The second-order valence-electron chi connectivity index (χ2n) is 6.96. The van der Waals surface area contributed by atoms with Gasteiger partial charge >= 0.3 is 5.97 Å². The highest BCUT2D eigenvalue weighted by Gasteiger charge is 2.27. The zero-order valence-electron chi connectivity index (χ0n) is 16.2. The van der Waals surface area contributed by atoms with Crippen molar-refractivity contribution in [3.8, 4) is 0 Å². The molecule has 0 radical (unpaired) electrons. The Hall–Kier alpha value is -2.09. The summed E-state index contributed by atoms with van der Waals surface area (Å²) in [5.41, 5.74) is 1.59. The van der Waals surface area contributed by atoms with Gasteiger partial charge in [-0.3, -0.25) is 13.9 Å². The molecule has 0 aliphatic carbocycles. The van der Waals surface area contributed by atoms with Crippen molar-refractivity contribution in [2.24, 2.45) is 5.92 Å². The van der Waals surface area contributed by atoms with Gasteiger partial charge in [-0.25, -0.2) is 8.42 Å². The number of piperidine rings is 1. The van der Waals surface area contributed by atoms with Gasteiger partial charge in [0.1, 0.15) is 0 Å². The molecule has 7 nitrogen and oxygen atoms in total. The van der Waals surface area contributed by atoms with Crippen molar-refractivity contribution >= 4 is 27.6 Å².